The van der Waals surface area contributed by atoms with E-state index in [0.717, 1.165) is 18.4 Å². The van der Waals surface area contributed by atoms with Crippen molar-refractivity contribution in [2.75, 3.05) is 20.2 Å². The Morgan fingerprint density at radius 1 is 0.909 bits per heavy atom. The minimum absolute atomic E-state index is 0.197. The Hall–Kier alpha value is -2.80. The van der Waals surface area contributed by atoms with Crippen LogP contribution in [0.3, 0.4) is 0 Å². The van der Waals surface area contributed by atoms with Crippen LogP contribution in [0.4, 0.5) is 0 Å². The topological polar surface area (TPSA) is 51.5 Å². The van der Waals surface area contributed by atoms with Gasteiger partial charge in [0.05, 0.1) is 17.0 Å². The van der Waals surface area contributed by atoms with Crippen LogP contribution in [0.2, 0.25) is 5.02 Å². The van der Waals surface area contributed by atoms with Gasteiger partial charge in [0, 0.05) is 35.7 Å². The highest BCUT2D eigenvalue weighted by atomic mass is 35.5. The number of halogens is 1. The zero-order valence-electron chi connectivity index (χ0n) is 18.3. The molecule has 3 aromatic carbocycles. The molecule has 1 fully saturated rings. The molecular weight excluding hydrogens is 456 g/mol. The summed E-state index contributed by atoms with van der Waals surface area (Å²) in [5, 5.41) is 1.49. The van der Waals surface area contributed by atoms with Crippen molar-refractivity contribution in [2.45, 2.75) is 23.8 Å². The average molecular weight is 481 g/mol. The highest BCUT2D eigenvalue weighted by Crippen LogP contribution is 2.37. The van der Waals surface area contributed by atoms with Crippen LogP contribution < -0.4 is 4.74 Å². The molecule has 0 bridgehead atoms. The van der Waals surface area contributed by atoms with E-state index in [9.17, 15) is 8.42 Å². The Morgan fingerprint density at radius 2 is 1.61 bits per heavy atom. The molecule has 0 unspecified atom stereocenters. The number of nitrogens with zero attached hydrogens (tertiary/aromatic N) is 2. The van der Waals surface area contributed by atoms with Crippen molar-refractivity contribution in [1.29, 1.82) is 0 Å². The monoisotopic (exact) mass is 480 g/mol. The lowest BCUT2D eigenvalue weighted by molar-refractivity contribution is 0.279. The van der Waals surface area contributed by atoms with Gasteiger partial charge in [0.25, 0.3) is 0 Å². The van der Waals surface area contributed by atoms with Crippen molar-refractivity contribution in [3.8, 4) is 17.0 Å². The largest absolute Gasteiger partial charge is 0.495 e. The number of para-hydroxylation sites is 1. The number of sulfonamides is 1. The van der Waals surface area contributed by atoms with E-state index in [1.54, 1.807) is 16.4 Å². The molecule has 170 valence electrons. The number of methoxy groups -OCH3 is 1. The summed E-state index contributed by atoms with van der Waals surface area (Å²) in [4.78, 5) is 0.197. The van der Waals surface area contributed by atoms with Crippen molar-refractivity contribution in [3.05, 3.63) is 83.9 Å². The fraction of sp³-hybridized carbons (Fsp3) is 0.231. The lowest BCUT2D eigenvalue weighted by Gasteiger charge is -2.33. The van der Waals surface area contributed by atoms with Crippen LogP contribution in [0, 0.1) is 0 Å². The molecular formula is C26H25ClN2O3S. The van der Waals surface area contributed by atoms with E-state index in [-0.39, 0.29) is 10.9 Å². The van der Waals surface area contributed by atoms with Gasteiger partial charge in [0.15, 0.2) is 0 Å². The molecule has 4 aromatic rings. The summed E-state index contributed by atoms with van der Waals surface area (Å²) in [6, 6.07) is 25.8. The van der Waals surface area contributed by atoms with Crippen LogP contribution in [-0.4, -0.2) is 37.5 Å². The van der Waals surface area contributed by atoms with Gasteiger partial charge in [-0.2, -0.15) is 4.31 Å². The Labute approximate surface area is 199 Å². The quantitative estimate of drug-likeness (QED) is 0.352. The predicted molar refractivity (Wildman–Crippen MR) is 132 cm³/mol. The van der Waals surface area contributed by atoms with Crippen LogP contribution in [0.15, 0.2) is 83.8 Å². The highest BCUT2D eigenvalue weighted by Gasteiger charge is 2.31. The molecule has 1 aliphatic heterocycles. The van der Waals surface area contributed by atoms with Crippen molar-refractivity contribution >= 4 is 32.5 Å². The highest BCUT2D eigenvalue weighted by molar-refractivity contribution is 7.89. The summed E-state index contributed by atoms with van der Waals surface area (Å²) in [6.45, 7) is 0.911. The van der Waals surface area contributed by atoms with Gasteiger partial charge in [-0.15, -0.1) is 0 Å². The van der Waals surface area contributed by atoms with E-state index >= 15 is 0 Å². The van der Waals surface area contributed by atoms with Gasteiger partial charge in [0.2, 0.25) is 10.0 Å². The molecule has 0 N–H and O–H groups in total. The molecule has 1 saturated heterocycles. The van der Waals surface area contributed by atoms with E-state index in [1.807, 2.05) is 18.2 Å². The molecule has 0 aliphatic carbocycles. The Morgan fingerprint density at radius 3 is 2.30 bits per heavy atom. The zero-order valence-corrected chi connectivity index (χ0v) is 19.9. The Kier molecular flexibility index (Phi) is 5.91. The van der Waals surface area contributed by atoms with E-state index in [2.05, 4.69) is 47.0 Å². The first kappa shape index (κ1) is 22.0. The number of hydrogen-bond donors (Lipinski definition) is 0. The van der Waals surface area contributed by atoms with Gasteiger partial charge in [0.1, 0.15) is 5.75 Å². The van der Waals surface area contributed by atoms with E-state index in [1.165, 1.54) is 29.8 Å². The maximum absolute atomic E-state index is 13.3. The zero-order chi connectivity index (χ0) is 23.0. The summed E-state index contributed by atoms with van der Waals surface area (Å²) in [5.74, 6) is 0.460. The lowest BCUT2D eigenvalue weighted by Crippen LogP contribution is -2.39. The molecule has 0 saturated carbocycles. The van der Waals surface area contributed by atoms with Gasteiger partial charge in [-0.25, -0.2) is 8.42 Å². The Balaban J connectivity index is 1.43. The number of fused-ring (bicyclic) bond motifs is 1. The van der Waals surface area contributed by atoms with Gasteiger partial charge < -0.3 is 9.30 Å². The van der Waals surface area contributed by atoms with Crippen LogP contribution in [0.25, 0.3) is 22.2 Å². The van der Waals surface area contributed by atoms with Gasteiger partial charge >= 0.3 is 0 Å². The molecule has 1 aromatic heterocycles. The molecule has 5 rings (SSSR count). The van der Waals surface area contributed by atoms with Crippen LogP contribution >= 0.6 is 11.6 Å². The SMILES string of the molecule is COc1ccc(S(=O)(=O)N2CCC(n3c(-c4ccccc4)cc4ccccc43)CC2)cc1Cl. The molecule has 2 heterocycles. The summed E-state index contributed by atoms with van der Waals surface area (Å²) in [6.07, 6.45) is 1.48. The number of benzene rings is 3. The van der Waals surface area contributed by atoms with Crippen molar-refractivity contribution in [1.82, 2.24) is 8.87 Å². The molecule has 1 aliphatic rings. The second-order valence-electron chi connectivity index (χ2n) is 8.26. The first-order valence-electron chi connectivity index (χ1n) is 11.0. The first-order chi connectivity index (χ1) is 16.0. The second kappa shape index (κ2) is 8.86. The predicted octanol–water partition coefficient (Wildman–Crippen LogP) is 6.00. The number of ether oxygens (including phenoxy) is 1. The smallest absolute Gasteiger partial charge is 0.243 e. The van der Waals surface area contributed by atoms with E-state index in [4.69, 9.17) is 16.3 Å². The minimum atomic E-state index is -3.62. The fourth-order valence-corrected chi connectivity index (χ4v) is 6.52. The molecule has 0 amide bonds. The van der Waals surface area contributed by atoms with E-state index < -0.39 is 10.0 Å². The summed E-state index contributed by atoms with van der Waals surface area (Å²) in [5.41, 5.74) is 3.51. The summed E-state index contributed by atoms with van der Waals surface area (Å²) >= 11 is 6.19. The third-order valence-corrected chi connectivity index (χ3v) is 8.56. The fourth-order valence-electron chi connectivity index (χ4n) is 4.70. The average Bonchev–Trinajstić information content (AvgIpc) is 3.24. The molecule has 0 radical (unpaired) electrons. The molecule has 0 atom stereocenters. The number of aromatic nitrogens is 1. The van der Waals surface area contributed by atoms with Crippen LogP contribution in [0.5, 0.6) is 5.75 Å². The minimum Gasteiger partial charge on any atom is -0.495 e. The second-order valence-corrected chi connectivity index (χ2v) is 10.6. The number of hydrogen-bond acceptors (Lipinski definition) is 3. The summed E-state index contributed by atoms with van der Waals surface area (Å²) in [7, 11) is -2.11. The number of rotatable bonds is 5. The maximum Gasteiger partial charge on any atom is 0.243 e. The van der Waals surface area contributed by atoms with Crippen LogP contribution in [0.1, 0.15) is 18.9 Å². The standard InChI is InChI=1S/C26H25ClN2O3S/c1-32-26-12-11-22(18-23(26)27)33(30,31)28-15-13-21(14-16-28)29-24-10-6-5-9-20(24)17-25(29)19-7-3-2-4-8-19/h2-12,17-18,21H,13-16H2,1H3. The van der Waals surface area contributed by atoms with Crippen molar-refractivity contribution < 1.29 is 13.2 Å². The lowest BCUT2D eigenvalue weighted by atomic mass is 10.0. The van der Waals surface area contributed by atoms with Crippen LogP contribution in [-0.2, 0) is 10.0 Å². The molecule has 5 nitrogen and oxygen atoms in total. The molecule has 0 spiro atoms. The summed E-state index contributed by atoms with van der Waals surface area (Å²) < 4.78 is 35.6. The molecule has 7 heteroatoms. The first-order valence-corrected chi connectivity index (χ1v) is 12.8. The van der Waals surface area contributed by atoms with Crippen molar-refractivity contribution in [2.24, 2.45) is 0 Å². The van der Waals surface area contributed by atoms with Crippen molar-refractivity contribution in [3.63, 3.8) is 0 Å². The van der Waals surface area contributed by atoms with Gasteiger partial charge in [-0.05, 0) is 48.7 Å². The normalized spacial score (nSPS) is 15.7. The number of piperidine rings is 1. The van der Waals surface area contributed by atoms with Gasteiger partial charge in [-0.3, -0.25) is 0 Å². The Bertz CT molecular complexity index is 1390. The third kappa shape index (κ3) is 4.03. The molecule has 33 heavy (non-hydrogen) atoms. The van der Waals surface area contributed by atoms with Gasteiger partial charge in [-0.1, -0.05) is 60.1 Å². The third-order valence-electron chi connectivity index (χ3n) is 6.37. The van der Waals surface area contributed by atoms with E-state index in [0.29, 0.717) is 23.9 Å². The maximum atomic E-state index is 13.3.